The summed E-state index contributed by atoms with van der Waals surface area (Å²) in [6.45, 7) is 2.03. The molecule has 0 spiro atoms. The third kappa shape index (κ3) is 3.60. The number of hydrogen-bond acceptors (Lipinski definition) is 2. The highest BCUT2D eigenvalue weighted by Gasteiger charge is 2.26. The fourth-order valence-electron chi connectivity index (χ4n) is 2.87. The smallest absolute Gasteiger partial charge is 0.306 e. The molecule has 0 saturated heterocycles. The fourth-order valence-corrected chi connectivity index (χ4v) is 2.87. The maximum Gasteiger partial charge on any atom is 0.306 e. The van der Waals surface area contributed by atoms with Crippen molar-refractivity contribution in [3.05, 3.63) is 24.0 Å². The van der Waals surface area contributed by atoms with Crippen molar-refractivity contribution >= 4 is 5.97 Å². The first-order valence-corrected chi connectivity index (χ1v) is 6.68. The summed E-state index contributed by atoms with van der Waals surface area (Å²) in [5, 5.41) is 8.96. The van der Waals surface area contributed by atoms with E-state index in [2.05, 4.69) is 23.0 Å². The van der Waals surface area contributed by atoms with E-state index in [0.717, 1.165) is 38.8 Å². The van der Waals surface area contributed by atoms with Crippen LogP contribution in [0.2, 0.25) is 0 Å². The Labute approximate surface area is 108 Å². The van der Waals surface area contributed by atoms with E-state index in [1.54, 1.807) is 0 Å². The van der Waals surface area contributed by atoms with E-state index in [1.165, 1.54) is 5.56 Å². The van der Waals surface area contributed by atoms with Crippen molar-refractivity contribution in [1.82, 2.24) is 9.88 Å². The molecule has 0 unspecified atom stereocenters. The number of aromatic amines is 1. The Morgan fingerprint density at radius 1 is 1.44 bits per heavy atom. The number of nitrogens with one attached hydrogen (secondary N) is 1. The molecule has 18 heavy (non-hydrogen) atoms. The number of rotatable bonds is 5. The van der Waals surface area contributed by atoms with Crippen LogP contribution in [0.25, 0.3) is 0 Å². The van der Waals surface area contributed by atoms with E-state index in [1.807, 2.05) is 12.4 Å². The molecule has 4 nitrogen and oxygen atoms in total. The van der Waals surface area contributed by atoms with Gasteiger partial charge in [0.15, 0.2) is 0 Å². The predicted molar refractivity (Wildman–Crippen MR) is 70.2 cm³/mol. The van der Waals surface area contributed by atoms with Gasteiger partial charge in [-0.1, -0.05) is 0 Å². The first-order valence-electron chi connectivity index (χ1n) is 6.68. The van der Waals surface area contributed by atoms with Crippen LogP contribution in [0.15, 0.2) is 18.5 Å². The monoisotopic (exact) mass is 250 g/mol. The zero-order valence-electron chi connectivity index (χ0n) is 10.9. The van der Waals surface area contributed by atoms with Gasteiger partial charge in [0.2, 0.25) is 0 Å². The zero-order chi connectivity index (χ0) is 13.0. The number of carbonyl (C=O) groups is 1. The highest BCUT2D eigenvalue weighted by atomic mass is 16.4. The molecule has 0 aliphatic heterocycles. The molecule has 0 amide bonds. The Hall–Kier alpha value is -1.29. The Kier molecular flexibility index (Phi) is 4.42. The molecule has 1 aliphatic rings. The number of nitrogens with zero attached hydrogens (tertiary/aromatic N) is 1. The number of aromatic nitrogens is 1. The Bertz CT molecular complexity index is 367. The molecule has 0 aromatic carbocycles. The summed E-state index contributed by atoms with van der Waals surface area (Å²) < 4.78 is 0. The van der Waals surface area contributed by atoms with Gasteiger partial charge in [-0.05, 0) is 50.3 Å². The molecule has 2 N–H and O–H groups in total. The van der Waals surface area contributed by atoms with E-state index in [-0.39, 0.29) is 5.92 Å². The lowest BCUT2D eigenvalue weighted by atomic mass is 9.82. The lowest BCUT2D eigenvalue weighted by Gasteiger charge is -2.29. The topological polar surface area (TPSA) is 56.3 Å². The highest BCUT2D eigenvalue weighted by molar-refractivity contribution is 5.69. The predicted octanol–water partition coefficient (Wildman–Crippen LogP) is 2.34. The third-order valence-corrected chi connectivity index (χ3v) is 3.88. The van der Waals surface area contributed by atoms with E-state index in [0.29, 0.717) is 5.92 Å². The van der Waals surface area contributed by atoms with Gasteiger partial charge in [-0.15, -0.1) is 0 Å². The normalized spacial score (nSPS) is 24.3. The van der Waals surface area contributed by atoms with Crippen LogP contribution < -0.4 is 0 Å². The fraction of sp³-hybridized carbons (Fsp3) is 0.643. The number of hydrogen-bond donors (Lipinski definition) is 2. The first kappa shape index (κ1) is 13.1. The van der Waals surface area contributed by atoms with Gasteiger partial charge in [0.25, 0.3) is 0 Å². The lowest BCUT2D eigenvalue weighted by Crippen LogP contribution is -2.29. The van der Waals surface area contributed by atoms with Crippen molar-refractivity contribution in [2.24, 2.45) is 11.8 Å². The molecule has 1 saturated carbocycles. The Morgan fingerprint density at radius 3 is 2.72 bits per heavy atom. The van der Waals surface area contributed by atoms with Gasteiger partial charge in [-0.2, -0.15) is 0 Å². The van der Waals surface area contributed by atoms with Gasteiger partial charge < -0.3 is 15.0 Å². The van der Waals surface area contributed by atoms with Crippen LogP contribution in [0, 0.1) is 11.8 Å². The standard InChI is InChI=1S/C14H22N2O2/c1-16(10-12-6-7-15-8-12)9-11-2-4-13(5-3-11)14(17)18/h6-8,11,13,15H,2-5,9-10H2,1H3,(H,17,18). The van der Waals surface area contributed by atoms with Crippen LogP contribution in [0.3, 0.4) is 0 Å². The summed E-state index contributed by atoms with van der Waals surface area (Å²) >= 11 is 0. The van der Waals surface area contributed by atoms with Crippen LogP contribution in [0.5, 0.6) is 0 Å². The van der Waals surface area contributed by atoms with Crippen molar-refractivity contribution in [3.8, 4) is 0 Å². The van der Waals surface area contributed by atoms with Crippen LogP contribution in [-0.4, -0.2) is 34.6 Å². The summed E-state index contributed by atoms with van der Waals surface area (Å²) in [5.74, 6) is -0.0603. The maximum atomic E-state index is 10.9. The van der Waals surface area contributed by atoms with Gasteiger partial charge >= 0.3 is 5.97 Å². The Morgan fingerprint density at radius 2 is 2.17 bits per heavy atom. The van der Waals surface area contributed by atoms with Crippen LogP contribution in [0.4, 0.5) is 0 Å². The molecule has 1 aromatic heterocycles. The molecule has 1 aliphatic carbocycles. The number of aliphatic carboxylic acids is 1. The molecule has 1 heterocycles. The minimum absolute atomic E-state index is 0.101. The summed E-state index contributed by atoms with van der Waals surface area (Å²) in [5.41, 5.74) is 1.30. The van der Waals surface area contributed by atoms with Gasteiger partial charge in [0.1, 0.15) is 0 Å². The molecule has 4 heteroatoms. The molecule has 0 radical (unpaired) electrons. The number of H-pyrrole nitrogens is 1. The summed E-state index contributed by atoms with van der Waals surface area (Å²) in [6, 6.07) is 2.10. The quantitative estimate of drug-likeness (QED) is 0.843. The SMILES string of the molecule is CN(Cc1cc[nH]c1)CC1CCC(C(=O)O)CC1. The molecular formula is C14H22N2O2. The average molecular weight is 250 g/mol. The van der Waals surface area contributed by atoms with E-state index < -0.39 is 5.97 Å². The number of carboxylic acids is 1. The zero-order valence-corrected chi connectivity index (χ0v) is 10.9. The first-order chi connectivity index (χ1) is 8.65. The van der Waals surface area contributed by atoms with E-state index in [9.17, 15) is 4.79 Å². The maximum absolute atomic E-state index is 10.9. The molecule has 1 fully saturated rings. The van der Waals surface area contributed by atoms with Gasteiger partial charge in [0.05, 0.1) is 5.92 Å². The van der Waals surface area contributed by atoms with Crippen LogP contribution in [0.1, 0.15) is 31.2 Å². The third-order valence-electron chi connectivity index (χ3n) is 3.88. The molecule has 0 atom stereocenters. The molecule has 2 rings (SSSR count). The van der Waals surface area contributed by atoms with Gasteiger partial charge in [-0.3, -0.25) is 4.79 Å². The van der Waals surface area contributed by atoms with E-state index >= 15 is 0 Å². The average Bonchev–Trinajstić information content (AvgIpc) is 2.82. The second kappa shape index (κ2) is 6.05. The number of carboxylic acid groups (broad SMARTS) is 1. The van der Waals surface area contributed by atoms with Crippen molar-refractivity contribution in [1.29, 1.82) is 0 Å². The molecule has 100 valence electrons. The van der Waals surface area contributed by atoms with Gasteiger partial charge in [0, 0.05) is 25.5 Å². The Balaban J connectivity index is 1.72. The van der Waals surface area contributed by atoms with Crippen molar-refractivity contribution in [2.45, 2.75) is 32.2 Å². The van der Waals surface area contributed by atoms with Crippen molar-refractivity contribution < 1.29 is 9.90 Å². The molecular weight excluding hydrogens is 228 g/mol. The lowest BCUT2D eigenvalue weighted by molar-refractivity contribution is -0.143. The minimum Gasteiger partial charge on any atom is -0.481 e. The molecule has 1 aromatic rings. The van der Waals surface area contributed by atoms with Gasteiger partial charge in [-0.25, -0.2) is 0 Å². The van der Waals surface area contributed by atoms with E-state index in [4.69, 9.17) is 5.11 Å². The van der Waals surface area contributed by atoms with Crippen LogP contribution in [-0.2, 0) is 11.3 Å². The molecule has 0 bridgehead atoms. The second-order valence-electron chi connectivity index (χ2n) is 5.47. The van der Waals surface area contributed by atoms with Crippen molar-refractivity contribution in [2.75, 3.05) is 13.6 Å². The summed E-state index contributed by atoms with van der Waals surface area (Å²) in [7, 11) is 2.14. The minimum atomic E-state index is -0.617. The summed E-state index contributed by atoms with van der Waals surface area (Å²) in [4.78, 5) is 16.3. The second-order valence-corrected chi connectivity index (χ2v) is 5.47. The van der Waals surface area contributed by atoms with Crippen molar-refractivity contribution in [3.63, 3.8) is 0 Å². The largest absolute Gasteiger partial charge is 0.481 e. The summed E-state index contributed by atoms with van der Waals surface area (Å²) in [6.07, 6.45) is 7.76. The highest BCUT2D eigenvalue weighted by Crippen LogP contribution is 2.29. The van der Waals surface area contributed by atoms with Crippen LogP contribution >= 0.6 is 0 Å².